The second-order valence-corrected chi connectivity index (χ2v) is 5.11. The Morgan fingerprint density at radius 3 is 2.96 bits per heavy atom. The van der Waals surface area contributed by atoms with Crippen molar-refractivity contribution in [2.45, 2.75) is 6.42 Å². The van der Waals surface area contributed by atoms with Crippen LogP contribution in [0.1, 0.15) is 21.5 Å². The SMILES string of the molecule is C=CCc1cccc(/C=N\NC(=O)c2ccc3c(c2)OCO3)c1O. The summed E-state index contributed by atoms with van der Waals surface area (Å²) in [5, 5.41) is 14.0. The molecule has 0 fully saturated rings. The van der Waals surface area contributed by atoms with Gasteiger partial charge in [0.1, 0.15) is 5.75 Å². The topological polar surface area (TPSA) is 80.2 Å². The van der Waals surface area contributed by atoms with Crippen molar-refractivity contribution in [3.63, 3.8) is 0 Å². The Morgan fingerprint density at radius 2 is 2.12 bits per heavy atom. The van der Waals surface area contributed by atoms with Crippen LogP contribution >= 0.6 is 0 Å². The van der Waals surface area contributed by atoms with Crippen molar-refractivity contribution < 1.29 is 19.4 Å². The molecule has 0 spiro atoms. The van der Waals surface area contributed by atoms with Gasteiger partial charge in [-0.25, -0.2) is 5.43 Å². The van der Waals surface area contributed by atoms with Gasteiger partial charge >= 0.3 is 0 Å². The van der Waals surface area contributed by atoms with Crippen LogP contribution in [-0.2, 0) is 6.42 Å². The van der Waals surface area contributed by atoms with Crippen LogP contribution in [-0.4, -0.2) is 24.0 Å². The van der Waals surface area contributed by atoms with E-state index < -0.39 is 0 Å². The first-order valence-electron chi connectivity index (χ1n) is 7.34. The Labute approximate surface area is 139 Å². The van der Waals surface area contributed by atoms with Crippen molar-refractivity contribution >= 4 is 12.1 Å². The first-order valence-corrected chi connectivity index (χ1v) is 7.34. The van der Waals surface area contributed by atoms with Gasteiger partial charge in [-0.05, 0) is 36.2 Å². The highest BCUT2D eigenvalue weighted by atomic mass is 16.7. The minimum absolute atomic E-state index is 0.124. The van der Waals surface area contributed by atoms with Gasteiger partial charge in [-0.2, -0.15) is 5.10 Å². The number of aromatic hydroxyl groups is 1. The lowest BCUT2D eigenvalue weighted by Gasteiger charge is -2.05. The average Bonchev–Trinajstić information content (AvgIpc) is 3.06. The van der Waals surface area contributed by atoms with Crippen molar-refractivity contribution in [1.29, 1.82) is 0 Å². The molecule has 3 rings (SSSR count). The average molecular weight is 324 g/mol. The number of benzene rings is 2. The number of carbonyl (C=O) groups excluding carboxylic acids is 1. The third kappa shape index (κ3) is 3.22. The zero-order valence-corrected chi connectivity index (χ0v) is 12.9. The van der Waals surface area contributed by atoms with Crippen LogP contribution in [0.5, 0.6) is 17.2 Å². The number of amides is 1. The standard InChI is InChI=1S/C18H16N2O4/c1-2-4-12-5-3-6-14(17(12)21)10-19-20-18(22)13-7-8-15-16(9-13)24-11-23-15/h2-3,5-10,21H,1,4,11H2,(H,20,22)/b19-10-. The molecule has 6 nitrogen and oxygen atoms in total. The summed E-state index contributed by atoms with van der Waals surface area (Å²) in [6.07, 6.45) is 3.65. The molecule has 0 unspecified atom stereocenters. The minimum Gasteiger partial charge on any atom is -0.507 e. The van der Waals surface area contributed by atoms with Crippen molar-refractivity contribution in [3.8, 4) is 17.2 Å². The van der Waals surface area contributed by atoms with Crippen LogP contribution in [0.15, 0.2) is 54.2 Å². The Kier molecular flexibility index (Phi) is 4.47. The second-order valence-electron chi connectivity index (χ2n) is 5.11. The fraction of sp³-hybridized carbons (Fsp3) is 0.111. The lowest BCUT2D eigenvalue weighted by molar-refractivity contribution is 0.0954. The third-order valence-corrected chi connectivity index (χ3v) is 3.52. The molecule has 0 atom stereocenters. The molecule has 6 heteroatoms. The van der Waals surface area contributed by atoms with Crippen molar-refractivity contribution in [3.05, 3.63) is 65.7 Å². The molecule has 0 bridgehead atoms. The summed E-state index contributed by atoms with van der Waals surface area (Å²) in [5.41, 5.74) is 4.08. The summed E-state index contributed by atoms with van der Waals surface area (Å²) in [5.74, 6) is 0.880. The molecule has 1 aliphatic heterocycles. The molecule has 0 saturated heterocycles. The van der Waals surface area contributed by atoms with Crippen LogP contribution in [0.4, 0.5) is 0 Å². The molecule has 1 heterocycles. The predicted molar refractivity (Wildman–Crippen MR) is 89.6 cm³/mol. The quantitative estimate of drug-likeness (QED) is 0.503. The molecule has 0 radical (unpaired) electrons. The molecule has 2 N–H and O–H groups in total. The summed E-state index contributed by atoms with van der Waals surface area (Å²) >= 11 is 0. The number of allylic oxidation sites excluding steroid dienone is 1. The monoisotopic (exact) mass is 324 g/mol. The summed E-state index contributed by atoms with van der Waals surface area (Å²) in [7, 11) is 0. The molecule has 1 aliphatic rings. The van der Waals surface area contributed by atoms with E-state index in [4.69, 9.17) is 9.47 Å². The van der Waals surface area contributed by atoms with E-state index in [2.05, 4.69) is 17.1 Å². The fourth-order valence-corrected chi connectivity index (χ4v) is 2.30. The Morgan fingerprint density at radius 1 is 1.29 bits per heavy atom. The number of hydrogen-bond donors (Lipinski definition) is 2. The highest BCUT2D eigenvalue weighted by Gasteiger charge is 2.15. The molecule has 24 heavy (non-hydrogen) atoms. The normalized spacial score (nSPS) is 12.3. The highest BCUT2D eigenvalue weighted by Crippen LogP contribution is 2.32. The van der Waals surface area contributed by atoms with Gasteiger partial charge in [-0.1, -0.05) is 18.2 Å². The van der Waals surface area contributed by atoms with Gasteiger partial charge in [-0.3, -0.25) is 4.79 Å². The summed E-state index contributed by atoms with van der Waals surface area (Å²) < 4.78 is 10.4. The molecular formula is C18H16N2O4. The molecule has 2 aromatic rings. The number of ether oxygens (including phenoxy) is 2. The zero-order valence-electron chi connectivity index (χ0n) is 12.9. The number of hydrazone groups is 1. The van der Waals surface area contributed by atoms with Gasteiger partial charge in [0.25, 0.3) is 5.91 Å². The first kappa shape index (κ1) is 15.6. The lowest BCUT2D eigenvalue weighted by atomic mass is 10.1. The number of carbonyl (C=O) groups is 1. The molecule has 0 aromatic heterocycles. The number of hydrogen-bond acceptors (Lipinski definition) is 5. The molecule has 2 aromatic carbocycles. The molecule has 1 amide bonds. The number of rotatable bonds is 5. The number of nitrogens with zero attached hydrogens (tertiary/aromatic N) is 1. The van der Waals surface area contributed by atoms with Crippen LogP contribution in [0.25, 0.3) is 0 Å². The van der Waals surface area contributed by atoms with Gasteiger partial charge < -0.3 is 14.6 Å². The maximum atomic E-state index is 12.1. The second kappa shape index (κ2) is 6.87. The van der Waals surface area contributed by atoms with E-state index in [1.54, 1.807) is 42.5 Å². The molecule has 122 valence electrons. The lowest BCUT2D eigenvalue weighted by Crippen LogP contribution is -2.17. The van der Waals surface area contributed by atoms with Crippen LogP contribution < -0.4 is 14.9 Å². The van der Waals surface area contributed by atoms with Crippen LogP contribution in [0.2, 0.25) is 0 Å². The van der Waals surface area contributed by atoms with Gasteiger partial charge in [0.15, 0.2) is 11.5 Å². The summed E-state index contributed by atoms with van der Waals surface area (Å²) in [4.78, 5) is 12.1. The Bertz CT molecular complexity index is 815. The van der Waals surface area contributed by atoms with Gasteiger partial charge in [0, 0.05) is 11.1 Å². The number of phenolic OH excluding ortho intramolecular Hbond substituents is 1. The third-order valence-electron chi connectivity index (χ3n) is 3.52. The Hall–Kier alpha value is -3.28. The van der Waals surface area contributed by atoms with E-state index in [-0.39, 0.29) is 18.4 Å². The van der Waals surface area contributed by atoms with E-state index in [9.17, 15) is 9.90 Å². The molecule has 0 saturated carbocycles. The fourth-order valence-electron chi connectivity index (χ4n) is 2.30. The Balaban J connectivity index is 1.69. The van der Waals surface area contributed by atoms with Crippen molar-refractivity contribution in [2.75, 3.05) is 6.79 Å². The summed E-state index contributed by atoms with van der Waals surface area (Å²) in [6, 6.07) is 10.2. The zero-order chi connectivity index (χ0) is 16.9. The van der Waals surface area contributed by atoms with E-state index in [0.29, 0.717) is 29.0 Å². The van der Waals surface area contributed by atoms with E-state index in [1.165, 1.54) is 6.21 Å². The number of phenols is 1. The number of para-hydroxylation sites is 1. The summed E-state index contributed by atoms with van der Waals surface area (Å²) in [6.45, 7) is 3.80. The first-order chi connectivity index (χ1) is 11.7. The van der Waals surface area contributed by atoms with Crippen LogP contribution in [0, 0.1) is 0 Å². The smallest absolute Gasteiger partial charge is 0.271 e. The van der Waals surface area contributed by atoms with E-state index >= 15 is 0 Å². The number of nitrogens with one attached hydrogen (secondary N) is 1. The largest absolute Gasteiger partial charge is 0.507 e. The van der Waals surface area contributed by atoms with Gasteiger partial charge in [0.05, 0.1) is 6.21 Å². The van der Waals surface area contributed by atoms with E-state index in [1.807, 2.05) is 0 Å². The van der Waals surface area contributed by atoms with Gasteiger partial charge in [-0.15, -0.1) is 6.58 Å². The maximum Gasteiger partial charge on any atom is 0.271 e. The predicted octanol–water partition coefficient (Wildman–Crippen LogP) is 2.61. The van der Waals surface area contributed by atoms with Gasteiger partial charge in [0.2, 0.25) is 6.79 Å². The van der Waals surface area contributed by atoms with Crippen molar-refractivity contribution in [1.82, 2.24) is 5.43 Å². The van der Waals surface area contributed by atoms with Crippen LogP contribution in [0.3, 0.4) is 0 Å². The van der Waals surface area contributed by atoms with Crippen molar-refractivity contribution in [2.24, 2.45) is 5.10 Å². The minimum atomic E-state index is -0.383. The molecular weight excluding hydrogens is 308 g/mol. The number of fused-ring (bicyclic) bond motifs is 1. The van der Waals surface area contributed by atoms with E-state index in [0.717, 1.165) is 5.56 Å². The highest BCUT2D eigenvalue weighted by molar-refractivity contribution is 5.95. The molecule has 0 aliphatic carbocycles. The maximum absolute atomic E-state index is 12.1.